The predicted octanol–water partition coefficient (Wildman–Crippen LogP) is 1.60. The third kappa shape index (κ3) is 2.34. The van der Waals surface area contributed by atoms with Crippen LogP contribution in [0.4, 0.5) is 0 Å². The lowest BCUT2D eigenvalue weighted by molar-refractivity contribution is 0.556. The fourth-order valence-electron chi connectivity index (χ4n) is 2.46. The van der Waals surface area contributed by atoms with E-state index in [2.05, 4.69) is 9.82 Å². The molecule has 1 aromatic heterocycles. The second-order valence-electron chi connectivity index (χ2n) is 4.87. The highest BCUT2D eigenvalue weighted by molar-refractivity contribution is 7.89. The molecule has 7 heteroatoms. The van der Waals surface area contributed by atoms with Gasteiger partial charge in [0.05, 0.1) is 17.6 Å². The van der Waals surface area contributed by atoms with E-state index in [1.54, 1.807) is 7.05 Å². The molecule has 2 atom stereocenters. The van der Waals surface area contributed by atoms with Crippen LogP contribution >= 0.6 is 11.6 Å². The largest absolute Gasteiger partial charge is 0.274 e. The van der Waals surface area contributed by atoms with Gasteiger partial charge in [0.1, 0.15) is 4.90 Å². The maximum Gasteiger partial charge on any atom is 0.244 e. The first-order chi connectivity index (χ1) is 9.47. The Morgan fingerprint density at radius 2 is 2.15 bits per heavy atom. The second-order valence-corrected chi connectivity index (χ2v) is 7.14. The molecule has 0 spiro atoms. The number of alkyl halides is 1. The van der Waals surface area contributed by atoms with Gasteiger partial charge in [0, 0.05) is 13.2 Å². The fourth-order valence-corrected chi connectivity index (χ4v) is 4.13. The lowest BCUT2D eigenvalue weighted by atomic mass is 10.1. The fraction of sp³-hybridized carbons (Fsp3) is 0.308. The molecule has 0 radical (unpaired) electrons. The van der Waals surface area contributed by atoms with Crippen LogP contribution in [-0.2, 0) is 23.5 Å². The molecule has 1 N–H and O–H groups in total. The highest BCUT2D eigenvalue weighted by Gasteiger charge is 2.34. The molecule has 1 aliphatic rings. The smallest absolute Gasteiger partial charge is 0.244 e. The maximum atomic E-state index is 12.3. The van der Waals surface area contributed by atoms with Crippen LogP contribution in [0.25, 0.3) is 0 Å². The lowest BCUT2D eigenvalue weighted by Gasteiger charge is -2.16. The molecule has 20 heavy (non-hydrogen) atoms. The molecular weight excluding hydrogens is 298 g/mol. The summed E-state index contributed by atoms with van der Waals surface area (Å²) in [5, 5.41) is 3.61. The van der Waals surface area contributed by atoms with E-state index in [1.807, 2.05) is 24.3 Å². The Bertz CT molecular complexity index is 742. The van der Waals surface area contributed by atoms with E-state index in [4.69, 9.17) is 11.6 Å². The Morgan fingerprint density at radius 1 is 1.40 bits per heavy atom. The summed E-state index contributed by atoms with van der Waals surface area (Å²) < 4.78 is 28.8. The van der Waals surface area contributed by atoms with Gasteiger partial charge in [-0.1, -0.05) is 24.3 Å². The Balaban J connectivity index is 1.92. The highest BCUT2D eigenvalue weighted by atomic mass is 35.5. The van der Waals surface area contributed by atoms with Crippen LogP contribution in [0.1, 0.15) is 17.2 Å². The summed E-state index contributed by atoms with van der Waals surface area (Å²) in [7, 11) is -1.94. The minimum Gasteiger partial charge on any atom is -0.274 e. The molecule has 2 aromatic rings. The van der Waals surface area contributed by atoms with E-state index in [0.717, 1.165) is 11.1 Å². The zero-order valence-electron chi connectivity index (χ0n) is 10.8. The number of hydrogen-bond acceptors (Lipinski definition) is 3. The third-order valence-corrected chi connectivity index (χ3v) is 5.24. The molecule has 0 amide bonds. The van der Waals surface area contributed by atoms with Gasteiger partial charge in [-0.15, -0.1) is 11.6 Å². The van der Waals surface area contributed by atoms with Crippen molar-refractivity contribution in [3.63, 3.8) is 0 Å². The first-order valence-electron chi connectivity index (χ1n) is 6.20. The van der Waals surface area contributed by atoms with Crippen LogP contribution in [0.2, 0.25) is 0 Å². The van der Waals surface area contributed by atoms with E-state index in [-0.39, 0.29) is 10.3 Å². The zero-order chi connectivity index (χ0) is 14.3. The Kier molecular flexibility index (Phi) is 3.32. The number of aromatic nitrogens is 2. The summed E-state index contributed by atoms with van der Waals surface area (Å²) in [6.07, 6.45) is 3.46. The van der Waals surface area contributed by atoms with Gasteiger partial charge >= 0.3 is 0 Å². The number of fused-ring (bicyclic) bond motifs is 1. The first kappa shape index (κ1) is 13.6. The van der Waals surface area contributed by atoms with Crippen LogP contribution in [0, 0.1) is 0 Å². The Morgan fingerprint density at radius 3 is 2.85 bits per heavy atom. The molecule has 1 aliphatic carbocycles. The SMILES string of the molecule is Cn1cc(S(=O)(=O)NC2c3ccccc3CC2Cl)cn1. The second kappa shape index (κ2) is 4.87. The Labute approximate surface area is 122 Å². The van der Waals surface area contributed by atoms with Gasteiger partial charge in [-0.25, -0.2) is 13.1 Å². The molecule has 0 bridgehead atoms. The summed E-state index contributed by atoms with van der Waals surface area (Å²) in [5.74, 6) is 0. The number of nitrogens with one attached hydrogen (secondary N) is 1. The summed E-state index contributed by atoms with van der Waals surface area (Å²) in [5.41, 5.74) is 2.03. The quantitative estimate of drug-likeness (QED) is 0.876. The Hall–Kier alpha value is -1.37. The lowest BCUT2D eigenvalue weighted by Crippen LogP contribution is -2.31. The summed E-state index contributed by atoms with van der Waals surface area (Å²) in [6, 6.07) is 7.30. The normalized spacial score (nSPS) is 21.9. The van der Waals surface area contributed by atoms with Crippen molar-refractivity contribution in [3.05, 3.63) is 47.8 Å². The minimum absolute atomic E-state index is 0.147. The molecular formula is C13H14ClN3O2S. The molecule has 1 aromatic carbocycles. The first-order valence-corrected chi connectivity index (χ1v) is 8.12. The van der Waals surface area contributed by atoms with Gasteiger partial charge < -0.3 is 0 Å². The molecule has 106 valence electrons. The van der Waals surface area contributed by atoms with Crippen LogP contribution < -0.4 is 4.72 Å². The van der Waals surface area contributed by atoms with E-state index in [9.17, 15) is 8.42 Å². The van der Waals surface area contributed by atoms with Gasteiger partial charge in [-0.3, -0.25) is 4.68 Å². The van der Waals surface area contributed by atoms with Gasteiger partial charge in [0.15, 0.2) is 0 Å². The number of halogens is 1. The van der Waals surface area contributed by atoms with E-state index >= 15 is 0 Å². The van der Waals surface area contributed by atoms with Gasteiger partial charge in [0.25, 0.3) is 0 Å². The van der Waals surface area contributed by atoms with Crippen LogP contribution in [0.15, 0.2) is 41.6 Å². The summed E-state index contributed by atoms with van der Waals surface area (Å²) >= 11 is 6.29. The van der Waals surface area contributed by atoms with E-state index in [0.29, 0.717) is 6.42 Å². The van der Waals surface area contributed by atoms with Crippen LogP contribution in [0.3, 0.4) is 0 Å². The molecule has 2 unspecified atom stereocenters. The van der Waals surface area contributed by atoms with Crippen molar-refractivity contribution in [2.75, 3.05) is 0 Å². The molecule has 3 rings (SSSR count). The average molecular weight is 312 g/mol. The molecule has 1 heterocycles. The van der Waals surface area contributed by atoms with Gasteiger partial charge in [0.2, 0.25) is 10.0 Å². The minimum atomic E-state index is -3.62. The number of rotatable bonds is 3. The van der Waals surface area contributed by atoms with Crippen molar-refractivity contribution >= 4 is 21.6 Å². The molecule has 0 saturated carbocycles. The summed E-state index contributed by atoms with van der Waals surface area (Å²) in [4.78, 5) is 0.147. The number of nitrogens with zero attached hydrogens (tertiary/aromatic N) is 2. The van der Waals surface area contributed by atoms with Crippen molar-refractivity contribution < 1.29 is 8.42 Å². The predicted molar refractivity (Wildman–Crippen MR) is 76.1 cm³/mol. The van der Waals surface area contributed by atoms with Crippen molar-refractivity contribution in [1.82, 2.24) is 14.5 Å². The average Bonchev–Trinajstić information content (AvgIpc) is 2.95. The number of sulfonamides is 1. The molecule has 0 fully saturated rings. The molecule has 0 aliphatic heterocycles. The topological polar surface area (TPSA) is 64.0 Å². The van der Waals surface area contributed by atoms with Crippen LogP contribution in [0.5, 0.6) is 0 Å². The maximum absolute atomic E-state index is 12.3. The number of aryl methyl sites for hydroxylation is 1. The van der Waals surface area contributed by atoms with Crippen LogP contribution in [-0.4, -0.2) is 23.6 Å². The van der Waals surface area contributed by atoms with E-state index < -0.39 is 16.1 Å². The number of benzene rings is 1. The van der Waals surface area contributed by atoms with Crippen molar-refractivity contribution in [3.8, 4) is 0 Å². The van der Waals surface area contributed by atoms with Crippen molar-refractivity contribution in [1.29, 1.82) is 0 Å². The zero-order valence-corrected chi connectivity index (χ0v) is 12.4. The standard InChI is InChI=1S/C13H14ClN3O2S/c1-17-8-10(7-15-17)20(18,19)16-13-11-5-3-2-4-9(11)6-12(13)14/h2-5,7-8,12-13,16H,6H2,1H3. The summed E-state index contributed by atoms with van der Waals surface area (Å²) in [6.45, 7) is 0. The highest BCUT2D eigenvalue weighted by Crippen LogP contribution is 2.35. The van der Waals surface area contributed by atoms with Crippen molar-refractivity contribution in [2.45, 2.75) is 22.7 Å². The van der Waals surface area contributed by atoms with Gasteiger partial charge in [-0.05, 0) is 17.5 Å². The molecule has 5 nitrogen and oxygen atoms in total. The molecule has 0 saturated heterocycles. The van der Waals surface area contributed by atoms with E-state index in [1.165, 1.54) is 17.1 Å². The third-order valence-electron chi connectivity index (χ3n) is 3.44. The van der Waals surface area contributed by atoms with Crippen molar-refractivity contribution in [2.24, 2.45) is 7.05 Å². The number of hydrogen-bond donors (Lipinski definition) is 1. The van der Waals surface area contributed by atoms with Gasteiger partial charge in [-0.2, -0.15) is 5.10 Å². The monoisotopic (exact) mass is 311 g/mol.